The van der Waals surface area contributed by atoms with E-state index in [0.29, 0.717) is 19.5 Å². The first-order valence-electron chi connectivity index (χ1n) is 12.1. The van der Waals surface area contributed by atoms with Crippen LogP contribution in [0.4, 0.5) is 5.69 Å². The van der Waals surface area contributed by atoms with Gasteiger partial charge in [-0.3, -0.25) is 4.79 Å². The third kappa shape index (κ3) is 4.80. The van der Waals surface area contributed by atoms with Gasteiger partial charge in [0.05, 0.1) is 17.6 Å². The zero-order chi connectivity index (χ0) is 24.5. The van der Waals surface area contributed by atoms with Crippen LogP contribution in [0.5, 0.6) is 5.75 Å². The van der Waals surface area contributed by atoms with Gasteiger partial charge in [-0.25, -0.2) is 4.98 Å². The van der Waals surface area contributed by atoms with E-state index >= 15 is 0 Å². The number of rotatable bonds is 7. The highest BCUT2D eigenvalue weighted by molar-refractivity contribution is 5.97. The van der Waals surface area contributed by atoms with Gasteiger partial charge in [0.1, 0.15) is 24.3 Å². The summed E-state index contributed by atoms with van der Waals surface area (Å²) in [5, 5.41) is 10.9. The minimum absolute atomic E-state index is 0.0537. The van der Waals surface area contributed by atoms with Crippen molar-refractivity contribution in [1.29, 1.82) is 0 Å². The first-order valence-corrected chi connectivity index (χ1v) is 12.1. The van der Waals surface area contributed by atoms with Crippen molar-refractivity contribution in [1.82, 2.24) is 9.55 Å². The number of aromatic nitrogens is 2. The van der Waals surface area contributed by atoms with E-state index in [1.807, 2.05) is 86.3 Å². The van der Waals surface area contributed by atoms with E-state index in [1.165, 1.54) is 0 Å². The standard InChI is InChI=1S/C29H31N3O3/c1-19-12-20(2)14-24(13-19)35-18-23(33)17-32-27-11-7-5-9-25(27)30-29(32)22-15-28(34)31(16-22)26-10-6-4-8-21(26)3/h4-14,22-23,33H,15-18H2,1-3H3/t22-,23+/m1/s1. The maximum Gasteiger partial charge on any atom is 0.227 e. The molecule has 5 rings (SSSR count). The first-order chi connectivity index (χ1) is 16.9. The zero-order valence-corrected chi connectivity index (χ0v) is 20.4. The minimum Gasteiger partial charge on any atom is -0.491 e. The van der Waals surface area contributed by atoms with E-state index in [9.17, 15) is 9.90 Å². The third-order valence-electron chi connectivity index (χ3n) is 6.61. The van der Waals surface area contributed by atoms with Crippen LogP contribution in [-0.4, -0.2) is 39.8 Å². The molecule has 3 aromatic carbocycles. The Labute approximate surface area is 205 Å². The normalized spacial score (nSPS) is 16.7. The minimum atomic E-state index is -0.725. The Bertz CT molecular complexity index is 1360. The van der Waals surface area contributed by atoms with Gasteiger partial charge >= 0.3 is 0 Å². The maximum absolute atomic E-state index is 13.0. The molecule has 0 spiro atoms. The van der Waals surface area contributed by atoms with Crippen molar-refractivity contribution in [3.8, 4) is 5.75 Å². The molecule has 0 radical (unpaired) electrons. The number of benzene rings is 3. The number of aryl methyl sites for hydroxylation is 3. The molecule has 1 amide bonds. The number of fused-ring (bicyclic) bond motifs is 1. The Balaban J connectivity index is 1.39. The fourth-order valence-corrected chi connectivity index (χ4v) is 5.05. The predicted molar refractivity (Wildman–Crippen MR) is 138 cm³/mol. The molecule has 2 heterocycles. The summed E-state index contributed by atoms with van der Waals surface area (Å²) in [6.07, 6.45) is -0.330. The summed E-state index contributed by atoms with van der Waals surface area (Å²) in [5.41, 5.74) is 6.10. The highest BCUT2D eigenvalue weighted by atomic mass is 16.5. The van der Waals surface area contributed by atoms with Gasteiger partial charge in [0.25, 0.3) is 0 Å². The lowest BCUT2D eigenvalue weighted by Gasteiger charge is -2.20. The topological polar surface area (TPSA) is 67.6 Å². The molecule has 6 nitrogen and oxygen atoms in total. The molecule has 2 atom stereocenters. The summed E-state index contributed by atoms with van der Waals surface area (Å²) in [5.74, 6) is 1.64. The number of amides is 1. The number of nitrogens with zero attached hydrogens (tertiary/aromatic N) is 3. The van der Waals surface area contributed by atoms with E-state index in [4.69, 9.17) is 9.72 Å². The summed E-state index contributed by atoms with van der Waals surface area (Å²) >= 11 is 0. The predicted octanol–water partition coefficient (Wildman–Crippen LogP) is 4.92. The molecule has 0 saturated carbocycles. The van der Waals surface area contributed by atoms with Crippen LogP contribution in [0.3, 0.4) is 0 Å². The van der Waals surface area contributed by atoms with Crippen LogP contribution in [0.15, 0.2) is 66.7 Å². The van der Waals surface area contributed by atoms with E-state index in [2.05, 4.69) is 10.6 Å². The number of carbonyl (C=O) groups excluding carboxylic acids is 1. The van der Waals surface area contributed by atoms with Crippen molar-refractivity contribution >= 4 is 22.6 Å². The lowest BCUT2D eigenvalue weighted by Crippen LogP contribution is -2.27. The molecular formula is C29H31N3O3. The third-order valence-corrected chi connectivity index (χ3v) is 6.61. The monoisotopic (exact) mass is 469 g/mol. The van der Waals surface area contributed by atoms with Gasteiger partial charge < -0.3 is 19.3 Å². The second-order valence-electron chi connectivity index (χ2n) is 9.55. The van der Waals surface area contributed by atoms with Crippen LogP contribution in [0.2, 0.25) is 0 Å². The number of aliphatic hydroxyl groups excluding tert-OH is 1. The van der Waals surface area contributed by atoms with Crippen LogP contribution >= 0.6 is 0 Å². The van der Waals surface area contributed by atoms with Crippen LogP contribution in [-0.2, 0) is 11.3 Å². The molecule has 1 N–H and O–H groups in total. The van der Waals surface area contributed by atoms with Gasteiger partial charge in [-0.05, 0) is 67.8 Å². The molecular weight excluding hydrogens is 438 g/mol. The van der Waals surface area contributed by atoms with Crippen LogP contribution in [0, 0.1) is 20.8 Å². The quantitative estimate of drug-likeness (QED) is 0.417. The maximum atomic E-state index is 13.0. The van der Waals surface area contributed by atoms with E-state index in [0.717, 1.165) is 45.0 Å². The number of aliphatic hydroxyl groups is 1. The van der Waals surface area contributed by atoms with Gasteiger partial charge in [-0.1, -0.05) is 36.4 Å². The van der Waals surface area contributed by atoms with E-state index < -0.39 is 6.10 Å². The van der Waals surface area contributed by atoms with Crippen molar-refractivity contribution in [3.63, 3.8) is 0 Å². The fraction of sp³-hybridized carbons (Fsp3) is 0.310. The van der Waals surface area contributed by atoms with E-state index in [1.54, 1.807) is 0 Å². The molecule has 1 aliphatic rings. The second-order valence-corrected chi connectivity index (χ2v) is 9.55. The molecule has 0 bridgehead atoms. The highest BCUT2D eigenvalue weighted by Crippen LogP contribution is 2.34. The Hall–Kier alpha value is -3.64. The Morgan fingerprint density at radius 1 is 1.03 bits per heavy atom. The largest absolute Gasteiger partial charge is 0.491 e. The van der Waals surface area contributed by atoms with Crippen LogP contribution in [0.1, 0.15) is 34.9 Å². The Kier molecular flexibility index (Phi) is 6.31. The SMILES string of the molecule is Cc1cc(C)cc(OC[C@@H](O)Cn2c([C@@H]3CC(=O)N(c4ccccc4C)C3)nc3ccccc32)c1. The second kappa shape index (κ2) is 9.55. The van der Waals surface area contributed by atoms with Crippen LogP contribution in [0.25, 0.3) is 11.0 Å². The summed E-state index contributed by atoms with van der Waals surface area (Å²) < 4.78 is 7.97. The number of hydrogen-bond acceptors (Lipinski definition) is 4. The molecule has 1 saturated heterocycles. The van der Waals surface area contributed by atoms with Gasteiger partial charge in [0.15, 0.2) is 0 Å². The molecule has 180 valence electrons. The van der Waals surface area contributed by atoms with Gasteiger partial charge in [0.2, 0.25) is 5.91 Å². The molecule has 0 unspecified atom stereocenters. The van der Waals surface area contributed by atoms with Crippen molar-refractivity contribution < 1.29 is 14.6 Å². The first kappa shape index (κ1) is 23.1. The van der Waals surface area contributed by atoms with Crippen molar-refractivity contribution in [3.05, 3.63) is 89.2 Å². The lowest BCUT2D eigenvalue weighted by atomic mass is 10.1. The summed E-state index contributed by atoms with van der Waals surface area (Å²) in [4.78, 5) is 19.8. The summed E-state index contributed by atoms with van der Waals surface area (Å²) in [6, 6.07) is 21.9. The van der Waals surface area contributed by atoms with E-state index in [-0.39, 0.29) is 18.4 Å². The summed E-state index contributed by atoms with van der Waals surface area (Å²) in [6.45, 7) is 7.18. The molecule has 4 aromatic rings. The fourth-order valence-electron chi connectivity index (χ4n) is 5.05. The van der Waals surface area contributed by atoms with Crippen molar-refractivity contribution in [2.45, 2.75) is 45.8 Å². The molecule has 0 aliphatic carbocycles. The number of hydrogen-bond donors (Lipinski definition) is 1. The molecule has 1 aromatic heterocycles. The number of para-hydroxylation sites is 3. The smallest absolute Gasteiger partial charge is 0.227 e. The number of carbonyl (C=O) groups is 1. The van der Waals surface area contributed by atoms with Gasteiger partial charge in [-0.2, -0.15) is 0 Å². The molecule has 1 aliphatic heterocycles. The van der Waals surface area contributed by atoms with Crippen LogP contribution < -0.4 is 9.64 Å². The number of anilines is 1. The van der Waals surface area contributed by atoms with Gasteiger partial charge in [0, 0.05) is 24.6 Å². The average Bonchev–Trinajstić information content (AvgIpc) is 3.38. The van der Waals surface area contributed by atoms with Crippen molar-refractivity contribution in [2.24, 2.45) is 0 Å². The molecule has 1 fully saturated rings. The number of ether oxygens (including phenoxy) is 1. The average molecular weight is 470 g/mol. The lowest BCUT2D eigenvalue weighted by molar-refractivity contribution is -0.117. The Morgan fingerprint density at radius 3 is 2.51 bits per heavy atom. The molecule has 35 heavy (non-hydrogen) atoms. The number of imidazole rings is 1. The Morgan fingerprint density at radius 2 is 1.74 bits per heavy atom. The summed E-state index contributed by atoms with van der Waals surface area (Å²) in [7, 11) is 0. The van der Waals surface area contributed by atoms with Crippen molar-refractivity contribution in [2.75, 3.05) is 18.1 Å². The zero-order valence-electron chi connectivity index (χ0n) is 20.4. The highest BCUT2D eigenvalue weighted by Gasteiger charge is 2.35. The van der Waals surface area contributed by atoms with Gasteiger partial charge in [-0.15, -0.1) is 0 Å². The molecule has 6 heteroatoms.